The molecule has 0 bridgehead atoms. The molecule has 0 saturated heterocycles. The molecule has 8 heteroatoms. The third kappa shape index (κ3) is 5.18. The summed E-state index contributed by atoms with van der Waals surface area (Å²) >= 11 is 1.79. The second kappa shape index (κ2) is 10.2. The zero-order valence-electron chi connectivity index (χ0n) is 18.3. The molecule has 2 aromatic carbocycles. The highest BCUT2D eigenvalue weighted by atomic mass is 32.1. The first kappa shape index (κ1) is 22.4. The Morgan fingerprint density at radius 2 is 1.97 bits per heavy atom. The van der Waals surface area contributed by atoms with Gasteiger partial charge in [-0.25, -0.2) is 9.97 Å². The van der Waals surface area contributed by atoms with Crippen LogP contribution >= 0.6 is 11.3 Å². The van der Waals surface area contributed by atoms with Crippen LogP contribution in [0.25, 0.3) is 10.2 Å². The highest BCUT2D eigenvalue weighted by Crippen LogP contribution is 2.40. The highest BCUT2D eigenvalue weighted by Gasteiger charge is 2.23. The fourth-order valence-corrected chi connectivity index (χ4v) is 5.24. The maximum Gasteiger partial charge on any atom is 0.211 e. The van der Waals surface area contributed by atoms with Gasteiger partial charge in [0.2, 0.25) is 6.41 Å². The Hall–Kier alpha value is -3.78. The highest BCUT2D eigenvalue weighted by molar-refractivity contribution is 7.19. The maximum atomic E-state index is 9.86. The van der Waals surface area contributed by atoms with E-state index in [0.717, 1.165) is 46.2 Å². The normalized spacial score (nSPS) is 14.5. The second-order valence-corrected chi connectivity index (χ2v) is 9.08. The molecule has 2 aromatic heterocycles. The van der Waals surface area contributed by atoms with E-state index in [9.17, 15) is 4.79 Å². The molecule has 1 amide bonds. The van der Waals surface area contributed by atoms with Crippen molar-refractivity contribution in [1.82, 2.24) is 9.97 Å². The lowest BCUT2D eigenvalue weighted by Gasteiger charge is -2.18. The van der Waals surface area contributed by atoms with Crippen molar-refractivity contribution in [3.05, 3.63) is 70.9 Å². The van der Waals surface area contributed by atoms with Gasteiger partial charge in [-0.2, -0.15) is 0 Å². The summed E-state index contributed by atoms with van der Waals surface area (Å²) in [5.74, 6) is 1.58. The first-order valence-corrected chi connectivity index (χ1v) is 11.6. The minimum absolute atomic E-state index is 0.602. The zero-order chi connectivity index (χ0) is 23.2. The number of fused-ring (bicyclic) bond motifs is 3. The van der Waals surface area contributed by atoms with E-state index in [1.807, 2.05) is 48.5 Å². The molecule has 5 rings (SSSR count). The number of para-hydroxylation sites is 1. The summed E-state index contributed by atoms with van der Waals surface area (Å²) in [4.78, 5) is 21.3. The number of nitrogen functional groups attached to an aromatic ring is 1. The van der Waals surface area contributed by atoms with Gasteiger partial charge in [0, 0.05) is 33.7 Å². The Morgan fingerprint density at radius 3 is 2.73 bits per heavy atom. The Kier molecular flexibility index (Phi) is 6.95. The zero-order valence-corrected chi connectivity index (χ0v) is 19.2. The van der Waals surface area contributed by atoms with Crippen LogP contribution in [0.4, 0.5) is 22.9 Å². The number of nitrogens with zero attached hydrogens (tertiary/aromatic N) is 2. The van der Waals surface area contributed by atoms with Crippen molar-refractivity contribution in [2.45, 2.75) is 26.2 Å². The topological polar surface area (TPSA) is 117 Å². The molecule has 1 aliphatic rings. The molecule has 7 nitrogen and oxygen atoms in total. The lowest BCUT2D eigenvalue weighted by atomic mass is 9.89. The Bertz CT molecular complexity index is 1270. The summed E-state index contributed by atoms with van der Waals surface area (Å²) in [6.07, 6.45) is 6.98. The quantitative estimate of drug-likeness (QED) is 0.182. The molecule has 0 aliphatic heterocycles. The number of aryl methyl sites for hydroxylation is 1. The monoisotopic (exact) mass is 458 g/mol. The van der Waals surface area contributed by atoms with Gasteiger partial charge in [0.1, 0.15) is 17.0 Å². The lowest BCUT2D eigenvalue weighted by molar-refractivity contribution is -0.105. The van der Waals surface area contributed by atoms with Gasteiger partial charge in [-0.3, -0.25) is 4.79 Å². The van der Waals surface area contributed by atoms with Crippen LogP contribution in [0, 0.1) is 11.3 Å². The minimum Gasteiger partial charge on any atom is -0.398 e. The Balaban J connectivity index is 0.000000243. The number of nitrogens with one attached hydrogen (secondary N) is 3. The molecule has 0 fully saturated rings. The third-order valence-corrected chi connectivity index (χ3v) is 6.76. The van der Waals surface area contributed by atoms with Crippen LogP contribution in [-0.4, -0.2) is 22.6 Å². The van der Waals surface area contributed by atoms with Crippen LogP contribution in [0.1, 0.15) is 29.3 Å². The summed E-state index contributed by atoms with van der Waals surface area (Å²) < 4.78 is 0. The van der Waals surface area contributed by atoms with Crippen LogP contribution in [0.2, 0.25) is 0 Å². The van der Waals surface area contributed by atoms with Gasteiger partial charge in [-0.15, -0.1) is 11.3 Å². The van der Waals surface area contributed by atoms with Crippen molar-refractivity contribution in [3.63, 3.8) is 0 Å². The summed E-state index contributed by atoms with van der Waals surface area (Å²) in [6, 6.07) is 14.9. The molecule has 0 radical (unpaired) electrons. The van der Waals surface area contributed by atoms with Gasteiger partial charge in [0.15, 0.2) is 0 Å². The van der Waals surface area contributed by atoms with Crippen molar-refractivity contribution in [2.24, 2.45) is 5.92 Å². The van der Waals surface area contributed by atoms with Crippen LogP contribution in [0.15, 0.2) is 54.9 Å². The van der Waals surface area contributed by atoms with Crippen molar-refractivity contribution in [2.75, 3.05) is 16.4 Å². The lowest BCUT2D eigenvalue weighted by Crippen LogP contribution is -2.09. The number of thiophene rings is 1. The molecule has 2 heterocycles. The van der Waals surface area contributed by atoms with E-state index in [2.05, 4.69) is 27.5 Å². The number of carbonyl (C=O) groups is 1. The molecule has 0 saturated carbocycles. The third-order valence-electron chi connectivity index (χ3n) is 5.60. The average Bonchev–Trinajstić information content (AvgIpc) is 3.20. The van der Waals surface area contributed by atoms with E-state index in [4.69, 9.17) is 11.1 Å². The van der Waals surface area contributed by atoms with Crippen molar-refractivity contribution >= 4 is 57.1 Å². The van der Waals surface area contributed by atoms with Crippen LogP contribution < -0.4 is 16.4 Å². The first-order chi connectivity index (χ1) is 16.1. The summed E-state index contributed by atoms with van der Waals surface area (Å²) in [6.45, 7) is 2.31. The van der Waals surface area contributed by atoms with Gasteiger partial charge in [-0.05, 0) is 61.1 Å². The number of hydrogen-bond donors (Lipinski definition) is 4. The number of aromatic nitrogens is 2. The number of anilines is 4. The predicted molar refractivity (Wildman–Crippen MR) is 137 cm³/mol. The molecular formula is C25H26N6OS. The molecule has 5 N–H and O–H groups in total. The predicted octanol–water partition coefficient (Wildman–Crippen LogP) is 5.39. The smallest absolute Gasteiger partial charge is 0.211 e. The Morgan fingerprint density at radius 1 is 1.15 bits per heavy atom. The summed E-state index contributed by atoms with van der Waals surface area (Å²) in [7, 11) is 0. The fraction of sp³-hybridized carbons (Fsp3) is 0.200. The molecule has 4 aromatic rings. The summed E-state index contributed by atoms with van der Waals surface area (Å²) in [5, 5.41) is 14.5. The van der Waals surface area contributed by atoms with Crippen LogP contribution in [-0.2, 0) is 17.6 Å². The van der Waals surface area contributed by atoms with E-state index < -0.39 is 0 Å². The number of benzene rings is 2. The van der Waals surface area contributed by atoms with Crippen molar-refractivity contribution < 1.29 is 4.79 Å². The average molecular weight is 459 g/mol. The molecule has 168 valence electrons. The summed E-state index contributed by atoms with van der Waals surface area (Å²) in [5.41, 5.74) is 10.3. The van der Waals surface area contributed by atoms with Crippen molar-refractivity contribution in [1.29, 1.82) is 5.41 Å². The SMILES string of the molecule is CC1CCc2c(sc3ncnc(Nc4ccc(N)c(C=N)c4)c23)C1.O=CNc1ccccc1. The molecule has 0 spiro atoms. The number of rotatable bonds is 5. The first-order valence-electron chi connectivity index (χ1n) is 10.8. The molecule has 1 aliphatic carbocycles. The van der Waals surface area contributed by atoms with E-state index in [1.54, 1.807) is 17.7 Å². The number of hydrogen-bond acceptors (Lipinski definition) is 7. The molecule has 1 atom stereocenters. The van der Waals surface area contributed by atoms with E-state index in [-0.39, 0.29) is 0 Å². The van der Waals surface area contributed by atoms with Gasteiger partial charge in [0.05, 0.1) is 5.39 Å². The van der Waals surface area contributed by atoms with Crippen LogP contribution in [0.3, 0.4) is 0 Å². The minimum atomic E-state index is 0.602. The number of carbonyl (C=O) groups excluding carboxylic acids is 1. The van der Waals surface area contributed by atoms with Gasteiger partial charge in [0.25, 0.3) is 0 Å². The van der Waals surface area contributed by atoms with Gasteiger partial charge >= 0.3 is 0 Å². The maximum absolute atomic E-state index is 9.86. The number of nitrogens with two attached hydrogens (primary N) is 1. The number of amides is 1. The van der Waals surface area contributed by atoms with Crippen LogP contribution in [0.5, 0.6) is 0 Å². The van der Waals surface area contributed by atoms with E-state index in [0.29, 0.717) is 17.7 Å². The van der Waals surface area contributed by atoms with Crippen molar-refractivity contribution in [3.8, 4) is 0 Å². The van der Waals surface area contributed by atoms with Gasteiger partial charge < -0.3 is 21.8 Å². The fourth-order valence-electron chi connectivity index (χ4n) is 3.89. The molecule has 1 unspecified atom stereocenters. The largest absolute Gasteiger partial charge is 0.398 e. The molecular weight excluding hydrogens is 432 g/mol. The standard InChI is InChI=1S/C18H19N5S.C7H7NO/c1-10-2-4-13-15(6-10)24-18-16(13)17(21-9-22-18)23-12-3-5-14(20)11(7-12)8-19;9-6-8-7-4-2-1-3-5-7/h3,5,7-10,19H,2,4,6,20H2,1H3,(H,21,22,23);1-6H,(H,8,9). The Labute approximate surface area is 196 Å². The van der Waals surface area contributed by atoms with E-state index >= 15 is 0 Å². The van der Waals surface area contributed by atoms with Gasteiger partial charge in [-0.1, -0.05) is 25.1 Å². The second-order valence-electron chi connectivity index (χ2n) is 8.00. The molecule has 33 heavy (non-hydrogen) atoms. The van der Waals surface area contributed by atoms with E-state index in [1.165, 1.54) is 23.1 Å².